The van der Waals surface area contributed by atoms with Crippen LogP contribution in [0.3, 0.4) is 0 Å². The maximum absolute atomic E-state index is 11.7. The van der Waals surface area contributed by atoms with Crippen molar-refractivity contribution in [3.63, 3.8) is 0 Å². The summed E-state index contributed by atoms with van der Waals surface area (Å²) in [7, 11) is 0. The molecule has 4 N–H and O–H groups in total. The zero-order valence-electron chi connectivity index (χ0n) is 11.0. The normalized spacial score (nSPS) is 15.6. The number of aliphatic hydroxyl groups is 1. The van der Waals surface area contributed by atoms with Crippen LogP contribution in [0.4, 0.5) is 0 Å². The zero-order chi connectivity index (χ0) is 14.3. The highest BCUT2D eigenvalue weighted by atomic mass is 16.3. The van der Waals surface area contributed by atoms with Gasteiger partial charge in [-0.05, 0) is 18.3 Å². The molecule has 3 atom stereocenters. The van der Waals surface area contributed by atoms with Gasteiger partial charge in [-0.1, -0.05) is 20.8 Å². The van der Waals surface area contributed by atoms with Crippen molar-refractivity contribution in [1.82, 2.24) is 5.32 Å². The van der Waals surface area contributed by atoms with Gasteiger partial charge in [-0.25, -0.2) is 0 Å². The minimum absolute atomic E-state index is 0.105. The molecule has 0 aromatic heterocycles. The van der Waals surface area contributed by atoms with Crippen molar-refractivity contribution >= 4 is 11.8 Å². The van der Waals surface area contributed by atoms with Gasteiger partial charge in [0.1, 0.15) is 12.1 Å². The first kappa shape index (κ1) is 16.4. The Bertz CT molecular complexity index is 336. The Labute approximate surface area is 107 Å². The molecule has 0 aliphatic rings. The summed E-state index contributed by atoms with van der Waals surface area (Å²) in [5, 5.41) is 20.6. The lowest BCUT2D eigenvalue weighted by atomic mass is 9.97. The van der Waals surface area contributed by atoms with Crippen LogP contribution < -0.4 is 11.1 Å². The Morgan fingerprint density at radius 3 is 2.33 bits per heavy atom. The van der Waals surface area contributed by atoms with Crippen molar-refractivity contribution in [2.24, 2.45) is 17.6 Å². The van der Waals surface area contributed by atoms with Crippen LogP contribution in [0, 0.1) is 23.2 Å². The quantitative estimate of drug-likeness (QED) is 0.589. The molecule has 102 valence electrons. The van der Waals surface area contributed by atoms with Gasteiger partial charge in [-0.2, -0.15) is 5.26 Å². The van der Waals surface area contributed by atoms with E-state index in [2.05, 4.69) is 5.32 Å². The first-order valence-corrected chi connectivity index (χ1v) is 5.94. The van der Waals surface area contributed by atoms with Gasteiger partial charge < -0.3 is 16.2 Å². The summed E-state index contributed by atoms with van der Waals surface area (Å²) in [6.45, 7) is 5.40. The van der Waals surface area contributed by atoms with Crippen molar-refractivity contribution in [3.05, 3.63) is 0 Å². The maximum Gasteiger partial charge on any atom is 0.249 e. The van der Waals surface area contributed by atoms with Gasteiger partial charge in [-0.3, -0.25) is 9.59 Å². The van der Waals surface area contributed by atoms with E-state index in [-0.39, 0.29) is 18.3 Å². The second kappa shape index (κ2) is 7.67. The molecule has 0 aliphatic heterocycles. The van der Waals surface area contributed by atoms with Gasteiger partial charge in [0.2, 0.25) is 11.8 Å². The van der Waals surface area contributed by atoms with Crippen LogP contribution in [0.5, 0.6) is 0 Å². The molecule has 0 heterocycles. The van der Waals surface area contributed by atoms with E-state index in [9.17, 15) is 14.7 Å². The molecular weight excluding hydrogens is 234 g/mol. The van der Waals surface area contributed by atoms with Crippen molar-refractivity contribution in [2.75, 3.05) is 0 Å². The summed E-state index contributed by atoms with van der Waals surface area (Å²) < 4.78 is 0. The second-order valence-corrected chi connectivity index (χ2v) is 4.87. The third-order valence-corrected chi connectivity index (χ3v) is 2.58. The molecule has 6 heteroatoms. The number of nitrogens with zero attached hydrogens (tertiary/aromatic N) is 1. The first-order valence-electron chi connectivity index (χ1n) is 5.94. The lowest BCUT2D eigenvalue weighted by molar-refractivity contribution is -0.134. The molecule has 0 aliphatic carbocycles. The second-order valence-electron chi connectivity index (χ2n) is 4.87. The molecule has 0 radical (unpaired) electrons. The molecule has 2 amide bonds. The number of primary amides is 1. The molecule has 0 spiro atoms. The van der Waals surface area contributed by atoms with Gasteiger partial charge in [0.05, 0.1) is 6.07 Å². The fourth-order valence-electron chi connectivity index (χ4n) is 1.56. The van der Waals surface area contributed by atoms with Gasteiger partial charge in [-0.15, -0.1) is 0 Å². The van der Waals surface area contributed by atoms with Crippen LogP contribution in [0.1, 0.15) is 33.6 Å². The molecule has 0 unspecified atom stereocenters. The van der Waals surface area contributed by atoms with E-state index in [1.807, 2.05) is 19.9 Å². The van der Waals surface area contributed by atoms with E-state index in [1.54, 1.807) is 6.92 Å². The fourth-order valence-corrected chi connectivity index (χ4v) is 1.56. The zero-order valence-corrected chi connectivity index (χ0v) is 11.0. The third kappa shape index (κ3) is 5.64. The van der Waals surface area contributed by atoms with E-state index in [0.717, 1.165) is 0 Å². The van der Waals surface area contributed by atoms with Gasteiger partial charge >= 0.3 is 0 Å². The number of carbonyl (C=O) groups excluding carboxylic acids is 2. The van der Waals surface area contributed by atoms with Crippen molar-refractivity contribution in [3.8, 4) is 6.07 Å². The largest absolute Gasteiger partial charge is 0.383 e. The SMILES string of the molecule is CC(C)C[C@@H](O)C(=O)N[C@@H](C(N)=O)[C@@H](C)CC#N. The maximum atomic E-state index is 11.7. The number of rotatable bonds is 7. The molecule has 0 aromatic rings. The molecule has 0 bridgehead atoms. The summed E-state index contributed by atoms with van der Waals surface area (Å²) in [6, 6.07) is 0.984. The van der Waals surface area contributed by atoms with Crippen LogP contribution in [-0.4, -0.2) is 29.1 Å². The molecular formula is C12H21N3O3. The number of amides is 2. The Kier molecular flexibility index (Phi) is 6.98. The number of nitriles is 1. The lowest BCUT2D eigenvalue weighted by Crippen LogP contribution is -2.51. The minimum atomic E-state index is -1.17. The summed E-state index contributed by atoms with van der Waals surface area (Å²) in [4.78, 5) is 22.9. The summed E-state index contributed by atoms with van der Waals surface area (Å²) in [6.07, 6.45) is -0.751. The summed E-state index contributed by atoms with van der Waals surface area (Å²) in [5.74, 6) is -1.56. The monoisotopic (exact) mass is 255 g/mol. The van der Waals surface area contributed by atoms with Crippen LogP contribution in [-0.2, 0) is 9.59 Å². The average molecular weight is 255 g/mol. The number of hydrogen-bond acceptors (Lipinski definition) is 4. The van der Waals surface area contributed by atoms with Crippen LogP contribution in [0.25, 0.3) is 0 Å². The van der Waals surface area contributed by atoms with Crippen LogP contribution in [0.2, 0.25) is 0 Å². The third-order valence-electron chi connectivity index (χ3n) is 2.58. The van der Waals surface area contributed by atoms with Crippen molar-refractivity contribution < 1.29 is 14.7 Å². The average Bonchev–Trinajstić information content (AvgIpc) is 2.24. The highest BCUT2D eigenvalue weighted by molar-refractivity contribution is 5.88. The van der Waals surface area contributed by atoms with E-state index in [0.29, 0.717) is 6.42 Å². The predicted octanol–water partition coefficient (Wildman–Crippen LogP) is -0.0867. The summed E-state index contributed by atoms with van der Waals surface area (Å²) >= 11 is 0. The van der Waals surface area contributed by atoms with E-state index in [4.69, 9.17) is 11.0 Å². The van der Waals surface area contributed by atoms with Crippen LogP contribution in [0.15, 0.2) is 0 Å². The van der Waals surface area contributed by atoms with Crippen molar-refractivity contribution in [2.45, 2.75) is 45.8 Å². The Balaban J connectivity index is 4.55. The van der Waals surface area contributed by atoms with E-state index >= 15 is 0 Å². The molecule has 18 heavy (non-hydrogen) atoms. The molecule has 0 saturated heterocycles. The van der Waals surface area contributed by atoms with Crippen molar-refractivity contribution in [1.29, 1.82) is 5.26 Å². The topological polar surface area (TPSA) is 116 Å². The number of nitrogens with one attached hydrogen (secondary N) is 1. The predicted molar refractivity (Wildman–Crippen MR) is 66.0 cm³/mol. The standard InChI is InChI=1S/C12H21N3O3/c1-7(2)6-9(16)12(18)15-10(11(14)17)8(3)4-5-13/h7-10,16H,4,6H2,1-3H3,(H2,14,17)(H,15,18)/t8-,9+,10+/m0/s1. The molecule has 0 rings (SSSR count). The van der Waals surface area contributed by atoms with Crippen LogP contribution >= 0.6 is 0 Å². The van der Waals surface area contributed by atoms with Gasteiger partial charge in [0, 0.05) is 6.42 Å². The molecule has 0 fully saturated rings. The molecule has 0 saturated carbocycles. The van der Waals surface area contributed by atoms with Gasteiger partial charge in [0.15, 0.2) is 0 Å². The fraction of sp³-hybridized carbons (Fsp3) is 0.750. The van der Waals surface area contributed by atoms with Gasteiger partial charge in [0.25, 0.3) is 0 Å². The lowest BCUT2D eigenvalue weighted by Gasteiger charge is -2.22. The molecule has 6 nitrogen and oxygen atoms in total. The Morgan fingerprint density at radius 1 is 1.39 bits per heavy atom. The number of carbonyl (C=O) groups is 2. The van der Waals surface area contributed by atoms with E-state index < -0.39 is 24.0 Å². The number of aliphatic hydroxyl groups excluding tert-OH is 1. The first-order chi connectivity index (χ1) is 8.29. The highest BCUT2D eigenvalue weighted by Crippen LogP contribution is 2.09. The Morgan fingerprint density at radius 2 is 1.94 bits per heavy atom. The smallest absolute Gasteiger partial charge is 0.249 e. The summed E-state index contributed by atoms with van der Waals surface area (Å²) in [5.41, 5.74) is 5.17. The number of nitrogens with two attached hydrogens (primary N) is 1. The highest BCUT2D eigenvalue weighted by Gasteiger charge is 2.27. The Hall–Kier alpha value is -1.61. The minimum Gasteiger partial charge on any atom is -0.383 e. The number of hydrogen-bond donors (Lipinski definition) is 3. The molecule has 0 aromatic carbocycles. The van der Waals surface area contributed by atoms with E-state index in [1.165, 1.54) is 0 Å².